The molecule has 0 atom stereocenters. The van der Waals surface area contributed by atoms with E-state index in [1.165, 1.54) is 16.6 Å². The molecule has 0 unspecified atom stereocenters. The minimum absolute atomic E-state index is 0.0414. The van der Waals surface area contributed by atoms with Crippen LogP contribution >= 0.6 is 11.6 Å². The highest BCUT2D eigenvalue weighted by Crippen LogP contribution is 2.14. The maximum Gasteiger partial charge on any atom is 0.260 e. The molecule has 0 aliphatic carbocycles. The fourth-order valence-electron chi connectivity index (χ4n) is 1.53. The van der Waals surface area contributed by atoms with Crippen LogP contribution in [0.4, 0.5) is 0 Å². The Bertz CT molecular complexity index is 476. The van der Waals surface area contributed by atoms with Crippen molar-refractivity contribution in [3.05, 3.63) is 23.9 Å². The molecule has 5 nitrogen and oxygen atoms in total. The van der Waals surface area contributed by atoms with Gasteiger partial charge in [-0.25, -0.2) is 13.4 Å². The van der Waals surface area contributed by atoms with Crippen molar-refractivity contribution >= 4 is 21.6 Å². The number of likely N-dealkylation sites (N-methyl/N-ethyl adjacent to an activating group) is 1. The molecule has 0 aliphatic rings. The lowest BCUT2D eigenvalue weighted by atomic mass is 10.3. The summed E-state index contributed by atoms with van der Waals surface area (Å²) in [6.45, 7) is 5.32. The first-order chi connectivity index (χ1) is 9.06. The van der Waals surface area contributed by atoms with Crippen molar-refractivity contribution in [3.63, 3.8) is 0 Å². The SMILES string of the molecule is CCOCCN(CC)S(=O)(=O)c1ccc(CCl)cn1. The summed E-state index contributed by atoms with van der Waals surface area (Å²) in [4.78, 5) is 3.96. The lowest BCUT2D eigenvalue weighted by molar-refractivity contribution is 0.135. The average molecular weight is 307 g/mol. The molecule has 0 bridgehead atoms. The smallest absolute Gasteiger partial charge is 0.260 e. The standard InChI is InChI=1S/C12H19ClN2O3S/c1-3-15(7-8-18-4-2)19(16,17)12-6-5-11(9-13)10-14-12/h5-6,10H,3-4,7-9H2,1-2H3. The Balaban J connectivity index is 2.86. The summed E-state index contributed by atoms with van der Waals surface area (Å²) in [6, 6.07) is 3.15. The zero-order valence-corrected chi connectivity index (χ0v) is 12.7. The second-order valence-corrected chi connectivity index (χ2v) is 5.98. The zero-order valence-electron chi connectivity index (χ0n) is 11.2. The molecule has 0 radical (unpaired) electrons. The van der Waals surface area contributed by atoms with Crippen LogP contribution in [0, 0.1) is 0 Å². The van der Waals surface area contributed by atoms with Gasteiger partial charge in [-0.15, -0.1) is 11.6 Å². The van der Waals surface area contributed by atoms with Gasteiger partial charge in [-0.1, -0.05) is 13.0 Å². The third kappa shape index (κ3) is 4.42. The third-order valence-corrected chi connectivity index (χ3v) is 4.80. The third-order valence-electron chi connectivity index (χ3n) is 2.60. The Labute approximate surface area is 119 Å². The van der Waals surface area contributed by atoms with Crippen LogP contribution in [0.15, 0.2) is 23.4 Å². The first-order valence-corrected chi connectivity index (χ1v) is 8.12. The Morgan fingerprint density at radius 2 is 2.11 bits per heavy atom. The van der Waals surface area contributed by atoms with Crippen LogP contribution < -0.4 is 0 Å². The van der Waals surface area contributed by atoms with E-state index in [0.717, 1.165) is 5.56 Å². The van der Waals surface area contributed by atoms with Gasteiger partial charge in [0.2, 0.25) is 0 Å². The zero-order chi connectivity index (χ0) is 14.3. The van der Waals surface area contributed by atoms with Gasteiger partial charge in [0.1, 0.15) is 0 Å². The normalized spacial score (nSPS) is 12.0. The number of alkyl halides is 1. The van der Waals surface area contributed by atoms with E-state index in [4.69, 9.17) is 16.3 Å². The molecule has 0 spiro atoms. The predicted octanol–water partition coefficient (Wildman–Crippen LogP) is 1.87. The maximum atomic E-state index is 12.3. The molecule has 0 saturated heterocycles. The van der Waals surface area contributed by atoms with Crippen LogP contribution in [0.2, 0.25) is 0 Å². The van der Waals surface area contributed by atoms with Crippen molar-refractivity contribution in [2.75, 3.05) is 26.3 Å². The minimum Gasteiger partial charge on any atom is -0.380 e. The van der Waals surface area contributed by atoms with Gasteiger partial charge < -0.3 is 4.74 Å². The van der Waals surface area contributed by atoms with E-state index >= 15 is 0 Å². The number of pyridine rings is 1. The summed E-state index contributed by atoms with van der Waals surface area (Å²) in [5.74, 6) is 0.315. The molecule has 1 rings (SSSR count). The monoisotopic (exact) mass is 306 g/mol. The average Bonchev–Trinajstić information content (AvgIpc) is 2.43. The van der Waals surface area contributed by atoms with Crippen molar-refractivity contribution in [1.29, 1.82) is 0 Å². The van der Waals surface area contributed by atoms with E-state index < -0.39 is 10.0 Å². The largest absolute Gasteiger partial charge is 0.380 e. The van der Waals surface area contributed by atoms with Crippen LogP contribution in [-0.2, 0) is 20.6 Å². The fraction of sp³-hybridized carbons (Fsp3) is 0.583. The number of ether oxygens (including phenoxy) is 1. The summed E-state index contributed by atoms with van der Waals surface area (Å²) in [5.41, 5.74) is 0.790. The van der Waals surface area contributed by atoms with E-state index in [1.54, 1.807) is 13.0 Å². The Morgan fingerprint density at radius 3 is 2.58 bits per heavy atom. The second kappa shape index (κ2) is 7.79. The molecule has 0 fully saturated rings. The summed E-state index contributed by atoms with van der Waals surface area (Å²) >= 11 is 5.65. The van der Waals surface area contributed by atoms with Crippen molar-refractivity contribution in [3.8, 4) is 0 Å². The quantitative estimate of drug-likeness (QED) is 0.543. The van der Waals surface area contributed by atoms with Crippen LogP contribution in [-0.4, -0.2) is 44.0 Å². The summed E-state index contributed by atoms with van der Waals surface area (Å²) < 4.78 is 31.2. The fourth-order valence-corrected chi connectivity index (χ4v) is 3.04. The maximum absolute atomic E-state index is 12.3. The van der Waals surface area contributed by atoms with Crippen molar-refractivity contribution < 1.29 is 13.2 Å². The van der Waals surface area contributed by atoms with E-state index in [9.17, 15) is 8.42 Å². The molecule has 108 valence electrons. The summed E-state index contributed by atoms with van der Waals surface area (Å²) in [5, 5.41) is 0.0414. The van der Waals surface area contributed by atoms with Crippen LogP contribution in [0.25, 0.3) is 0 Å². The van der Waals surface area contributed by atoms with Gasteiger partial charge in [-0.2, -0.15) is 4.31 Å². The number of rotatable bonds is 8. The van der Waals surface area contributed by atoms with Gasteiger partial charge in [0.05, 0.1) is 6.61 Å². The molecule has 0 amide bonds. The summed E-state index contributed by atoms with van der Waals surface area (Å²) in [6.07, 6.45) is 1.48. The molecule has 19 heavy (non-hydrogen) atoms. The molecule has 7 heteroatoms. The van der Waals surface area contributed by atoms with Gasteiger partial charge in [-0.3, -0.25) is 0 Å². The highest BCUT2D eigenvalue weighted by Gasteiger charge is 2.23. The summed E-state index contributed by atoms with van der Waals surface area (Å²) in [7, 11) is -3.56. The molecule has 1 aromatic rings. The van der Waals surface area contributed by atoms with Crippen LogP contribution in [0.5, 0.6) is 0 Å². The number of nitrogens with zero attached hydrogens (tertiary/aromatic N) is 2. The first-order valence-electron chi connectivity index (χ1n) is 6.15. The molecular formula is C12H19ClN2O3S. The van der Waals surface area contributed by atoms with Crippen LogP contribution in [0.3, 0.4) is 0 Å². The molecule has 0 N–H and O–H groups in total. The van der Waals surface area contributed by atoms with Gasteiger partial charge in [0.15, 0.2) is 5.03 Å². The van der Waals surface area contributed by atoms with Crippen molar-refractivity contribution in [1.82, 2.24) is 9.29 Å². The Hall–Kier alpha value is -0.690. The van der Waals surface area contributed by atoms with E-state index in [2.05, 4.69) is 4.98 Å². The van der Waals surface area contributed by atoms with E-state index in [0.29, 0.717) is 32.2 Å². The lowest BCUT2D eigenvalue weighted by Crippen LogP contribution is -2.34. The molecule has 0 aliphatic heterocycles. The minimum atomic E-state index is -3.56. The highest BCUT2D eigenvalue weighted by molar-refractivity contribution is 7.89. The van der Waals surface area contributed by atoms with Gasteiger partial charge in [0.25, 0.3) is 10.0 Å². The first kappa shape index (κ1) is 16.4. The molecular weight excluding hydrogens is 288 g/mol. The second-order valence-electron chi connectivity index (χ2n) is 3.83. The van der Waals surface area contributed by atoms with E-state index in [-0.39, 0.29) is 5.03 Å². The van der Waals surface area contributed by atoms with Crippen molar-refractivity contribution in [2.45, 2.75) is 24.8 Å². The number of sulfonamides is 1. The van der Waals surface area contributed by atoms with Gasteiger partial charge in [0, 0.05) is 31.8 Å². The van der Waals surface area contributed by atoms with Gasteiger partial charge in [-0.05, 0) is 18.6 Å². The van der Waals surface area contributed by atoms with Gasteiger partial charge >= 0.3 is 0 Å². The number of halogens is 1. The topological polar surface area (TPSA) is 59.5 Å². The predicted molar refractivity (Wildman–Crippen MR) is 74.7 cm³/mol. The highest BCUT2D eigenvalue weighted by atomic mass is 35.5. The lowest BCUT2D eigenvalue weighted by Gasteiger charge is -2.19. The number of aromatic nitrogens is 1. The van der Waals surface area contributed by atoms with Crippen molar-refractivity contribution in [2.24, 2.45) is 0 Å². The van der Waals surface area contributed by atoms with E-state index in [1.807, 2.05) is 6.92 Å². The Morgan fingerprint density at radius 1 is 1.37 bits per heavy atom. The molecule has 0 saturated carbocycles. The molecule has 1 aromatic heterocycles. The molecule has 0 aromatic carbocycles. The number of hydrogen-bond acceptors (Lipinski definition) is 4. The Kier molecular flexibility index (Phi) is 6.71. The number of hydrogen-bond donors (Lipinski definition) is 0. The molecule has 1 heterocycles. The van der Waals surface area contributed by atoms with Crippen LogP contribution in [0.1, 0.15) is 19.4 Å².